The van der Waals surface area contributed by atoms with E-state index in [1.54, 1.807) is 4.57 Å². The summed E-state index contributed by atoms with van der Waals surface area (Å²) in [6, 6.07) is 21.8. The maximum absolute atomic E-state index is 13.3. The van der Waals surface area contributed by atoms with Crippen molar-refractivity contribution in [1.82, 2.24) is 4.98 Å². The monoisotopic (exact) mass is 410 g/mol. The number of furan rings is 1. The van der Waals surface area contributed by atoms with Gasteiger partial charge in [0, 0.05) is 12.0 Å². The largest absolute Gasteiger partial charge is 0.466 e. The number of anilines is 1. The van der Waals surface area contributed by atoms with Crippen molar-refractivity contribution in [3.63, 3.8) is 0 Å². The number of nitrogens with zero attached hydrogens (tertiary/aromatic N) is 2. The first-order valence-electron chi connectivity index (χ1n) is 10.5. The SMILES string of the molecule is Cc1cc(CC2Nc3c(Cc4ccccc4)nc(-c4ccccc4)c[n+]3C2=O)oc1C. The average Bonchev–Trinajstić information content (AvgIpc) is 3.28. The van der Waals surface area contributed by atoms with E-state index in [0.717, 1.165) is 45.4 Å². The highest BCUT2D eigenvalue weighted by molar-refractivity contribution is 5.82. The Kier molecular flexibility index (Phi) is 4.86. The van der Waals surface area contributed by atoms with Gasteiger partial charge in [0.25, 0.3) is 0 Å². The molecule has 4 aromatic rings. The van der Waals surface area contributed by atoms with Gasteiger partial charge in [-0.15, -0.1) is 0 Å². The lowest BCUT2D eigenvalue weighted by Crippen LogP contribution is -2.44. The minimum absolute atomic E-state index is 0.00981. The Labute approximate surface area is 181 Å². The second-order valence-electron chi connectivity index (χ2n) is 8.01. The molecule has 5 nitrogen and oxygen atoms in total. The second-order valence-corrected chi connectivity index (χ2v) is 8.01. The van der Waals surface area contributed by atoms with Gasteiger partial charge in [-0.1, -0.05) is 60.7 Å². The summed E-state index contributed by atoms with van der Waals surface area (Å²) in [7, 11) is 0. The van der Waals surface area contributed by atoms with E-state index >= 15 is 0 Å². The van der Waals surface area contributed by atoms with Crippen molar-refractivity contribution < 1.29 is 13.8 Å². The van der Waals surface area contributed by atoms with E-state index in [1.807, 2.05) is 74.6 Å². The first-order valence-corrected chi connectivity index (χ1v) is 10.5. The predicted molar refractivity (Wildman–Crippen MR) is 119 cm³/mol. The molecule has 0 aliphatic carbocycles. The van der Waals surface area contributed by atoms with Crippen LogP contribution < -0.4 is 9.88 Å². The lowest BCUT2D eigenvalue weighted by molar-refractivity contribution is -0.552. The zero-order valence-corrected chi connectivity index (χ0v) is 17.6. The van der Waals surface area contributed by atoms with Crippen molar-refractivity contribution in [3.8, 4) is 11.3 Å². The second kappa shape index (κ2) is 7.84. The number of hydrogen-bond acceptors (Lipinski definition) is 4. The number of aromatic nitrogens is 2. The summed E-state index contributed by atoms with van der Waals surface area (Å²) in [6.45, 7) is 3.96. The quantitative estimate of drug-likeness (QED) is 0.492. The summed E-state index contributed by atoms with van der Waals surface area (Å²) < 4.78 is 7.55. The van der Waals surface area contributed by atoms with E-state index in [1.165, 1.54) is 0 Å². The van der Waals surface area contributed by atoms with Crippen LogP contribution in [0.25, 0.3) is 11.3 Å². The van der Waals surface area contributed by atoms with Crippen LogP contribution in [0.1, 0.15) is 33.1 Å². The number of carbonyl (C=O) groups excluding carboxylic acids is 1. The summed E-state index contributed by atoms with van der Waals surface area (Å²) in [5, 5.41) is 3.42. The molecule has 0 saturated carbocycles. The van der Waals surface area contributed by atoms with Gasteiger partial charge in [-0.25, -0.2) is 9.78 Å². The van der Waals surface area contributed by atoms with Crippen molar-refractivity contribution in [2.45, 2.75) is 32.7 Å². The number of hydrogen-bond donors (Lipinski definition) is 1. The van der Waals surface area contributed by atoms with Crippen LogP contribution in [-0.2, 0) is 12.8 Å². The molecule has 1 aliphatic rings. The Bertz CT molecular complexity index is 1230. The molecule has 1 atom stereocenters. The molecule has 5 rings (SSSR count). The maximum Gasteiger partial charge on any atom is 0.359 e. The van der Waals surface area contributed by atoms with Crippen molar-refractivity contribution in [3.05, 3.63) is 101 Å². The Balaban J connectivity index is 1.54. The molecule has 154 valence electrons. The van der Waals surface area contributed by atoms with Crippen LogP contribution in [0.2, 0.25) is 0 Å². The first kappa shape index (κ1) is 19.2. The van der Waals surface area contributed by atoms with Crippen molar-refractivity contribution in [1.29, 1.82) is 0 Å². The Morgan fingerprint density at radius 2 is 1.74 bits per heavy atom. The Morgan fingerprint density at radius 3 is 2.42 bits per heavy atom. The number of rotatable bonds is 5. The highest BCUT2D eigenvalue weighted by atomic mass is 16.3. The van der Waals surface area contributed by atoms with Crippen molar-refractivity contribution in [2.24, 2.45) is 0 Å². The minimum atomic E-state index is -0.382. The third-order valence-electron chi connectivity index (χ3n) is 5.77. The normalized spacial score (nSPS) is 15.0. The van der Waals surface area contributed by atoms with Crippen LogP contribution in [0.15, 0.2) is 77.3 Å². The average molecular weight is 410 g/mol. The van der Waals surface area contributed by atoms with Gasteiger partial charge < -0.3 is 4.42 Å². The van der Waals surface area contributed by atoms with Crippen LogP contribution in [-0.4, -0.2) is 16.9 Å². The molecule has 1 unspecified atom stereocenters. The molecule has 3 heterocycles. The number of fused-ring (bicyclic) bond motifs is 1. The van der Waals surface area contributed by atoms with Gasteiger partial charge in [-0.3, -0.25) is 5.32 Å². The zero-order valence-electron chi connectivity index (χ0n) is 17.6. The number of carbonyl (C=O) groups is 1. The van der Waals surface area contributed by atoms with E-state index in [4.69, 9.17) is 9.40 Å². The Morgan fingerprint density at radius 1 is 1.03 bits per heavy atom. The molecule has 0 amide bonds. The molecule has 0 fully saturated rings. The fourth-order valence-corrected chi connectivity index (χ4v) is 4.02. The van der Waals surface area contributed by atoms with Gasteiger partial charge in [0.15, 0.2) is 0 Å². The number of aryl methyl sites for hydroxylation is 2. The van der Waals surface area contributed by atoms with Gasteiger partial charge in [-0.05, 0) is 31.0 Å². The number of nitrogens with one attached hydrogen (secondary N) is 1. The van der Waals surface area contributed by atoms with E-state index in [9.17, 15) is 4.79 Å². The van der Waals surface area contributed by atoms with Crippen LogP contribution in [0.5, 0.6) is 0 Å². The Hall–Kier alpha value is -3.73. The van der Waals surface area contributed by atoms with Crippen molar-refractivity contribution in [2.75, 3.05) is 5.32 Å². The molecule has 0 spiro atoms. The fraction of sp³-hybridized carbons (Fsp3) is 0.192. The highest BCUT2D eigenvalue weighted by Crippen LogP contribution is 2.25. The third-order valence-corrected chi connectivity index (χ3v) is 5.77. The summed E-state index contributed by atoms with van der Waals surface area (Å²) >= 11 is 0. The lowest BCUT2D eigenvalue weighted by Gasteiger charge is -2.07. The van der Waals surface area contributed by atoms with Crippen molar-refractivity contribution >= 4 is 11.7 Å². The molecule has 1 aliphatic heterocycles. The molecule has 1 N–H and O–H groups in total. The van der Waals surface area contributed by atoms with Crippen LogP contribution >= 0.6 is 0 Å². The van der Waals surface area contributed by atoms with E-state index in [0.29, 0.717) is 12.8 Å². The van der Waals surface area contributed by atoms with E-state index in [2.05, 4.69) is 17.4 Å². The van der Waals surface area contributed by atoms with Crippen LogP contribution in [0.3, 0.4) is 0 Å². The standard InChI is InChI=1S/C26H23N3O2/c1-17-13-21(31-18(17)2)15-23-26(30)29-16-24(20-11-7-4-8-12-20)27-22(25(29)28-23)14-19-9-5-3-6-10-19/h3-13,16,23H,14-15H2,1-2H3/p+1. The summed E-state index contributed by atoms with van der Waals surface area (Å²) in [5.41, 5.74) is 4.88. The fourth-order valence-electron chi connectivity index (χ4n) is 4.02. The highest BCUT2D eigenvalue weighted by Gasteiger charge is 2.41. The minimum Gasteiger partial charge on any atom is -0.466 e. The molecular weight excluding hydrogens is 386 g/mol. The molecule has 0 radical (unpaired) electrons. The van der Waals surface area contributed by atoms with Gasteiger partial charge in [-0.2, -0.15) is 4.57 Å². The maximum atomic E-state index is 13.3. The topological polar surface area (TPSA) is 59.0 Å². The predicted octanol–water partition coefficient (Wildman–Crippen LogP) is 4.51. The smallest absolute Gasteiger partial charge is 0.359 e. The first-order chi connectivity index (χ1) is 15.1. The molecule has 5 heteroatoms. The summed E-state index contributed by atoms with van der Waals surface area (Å²) in [4.78, 5) is 18.3. The summed E-state index contributed by atoms with van der Waals surface area (Å²) in [6.07, 6.45) is 2.98. The lowest BCUT2D eigenvalue weighted by atomic mass is 10.1. The van der Waals surface area contributed by atoms with Crippen LogP contribution in [0, 0.1) is 13.8 Å². The molecule has 2 aromatic carbocycles. The van der Waals surface area contributed by atoms with Gasteiger partial charge in [0.1, 0.15) is 29.1 Å². The molecule has 0 bridgehead atoms. The third kappa shape index (κ3) is 3.75. The molecule has 2 aromatic heterocycles. The molecule has 31 heavy (non-hydrogen) atoms. The number of benzene rings is 2. The molecular formula is C26H24N3O2+. The van der Waals surface area contributed by atoms with Gasteiger partial charge >= 0.3 is 11.7 Å². The summed E-state index contributed by atoms with van der Waals surface area (Å²) in [5.74, 6) is 2.48. The van der Waals surface area contributed by atoms with E-state index in [-0.39, 0.29) is 11.9 Å². The van der Waals surface area contributed by atoms with Gasteiger partial charge in [0.2, 0.25) is 6.04 Å². The van der Waals surface area contributed by atoms with Crippen LogP contribution in [0.4, 0.5) is 5.82 Å². The van der Waals surface area contributed by atoms with Gasteiger partial charge in [0.05, 0.1) is 6.42 Å². The van der Waals surface area contributed by atoms with E-state index < -0.39 is 0 Å². The molecule has 0 saturated heterocycles. The zero-order chi connectivity index (χ0) is 21.4.